The van der Waals surface area contributed by atoms with Crippen molar-refractivity contribution in [1.29, 1.82) is 0 Å². The van der Waals surface area contributed by atoms with E-state index in [4.69, 9.17) is 0 Å². The Morgan fingerprint density at radius 1 is 1.19 bits per heavy atom. The Labute approximate surface area is 124 Å². The summed E-state index contributed by atoms with van der Waals surface area (Å²) in [7, 11) is 0. The zero-order valence-corrected chi connectivity index (χ0v) is 12.9. The molecule has 0 radical (unpaired) electrons. The first-order chi connectivity index (χ1) is 9.76. The maximum absolute atomic E-state index is 13.3. The van der Waals surface area contributed by atoms with Gasteiger partial charge in [-0.25, -0.2) is 13.8 Å². The molecular formula is C16H21F2N3. The molecule has 2 aromatic rings. The third kappa shape index (κ3) is 4.11. The van der Waals surface area contributed by atoms with Gasteiger partial charge in [0, 0.05) is 24.8 Å². The van der Waals surface area contributed by atoms with Crippen LogP contribution in [0.4, 0.5) is 8.78 Å². The summed E-state index contributed by atoms with van der Waals surface area (Å²) in [4.78, 5) is 4.31. The second-order valence-corrected chi connectivity index (χ2v) is 6.23. The average Bonchev–Trinajstić information content (AvgIpc) is 2.72. The van der Waals surface area contributed by atoms with Crippen LogP contribution in [0.3, 0.4) is 0 Å². The molecule has 21 heavy (non-hydrogen) atoms. The zero-order valence-electron chi connectivity index (χ0n) is 12.9. The van der Waals surface area contributed by atoms with Crippen LogP contribution in [0.25, 0.3) is 0 Å². The lowest BCUT2D eigenvalue weighted by Gasteiger charge is -2.21. The highest BCUT2D eigenvalue weighted by Crippen LogP contribution is 2.14. The Bertz CT molecular complexity index is 627. The summed E-state index contributed by atoms with van der Waals surface area (Å²) < 4.78 is 28.3. The summed E-state index contributed by atoms with van der Waals surface area (Å²) in [5.74, 6) is -0.791. The summed E-state index contributed by atoms with van der Waals surface area (Å²) in [6.07, 6.45) is 1.81. The molecule has 0 saturated carbocycles. The van der Waals surface area contributed by atoms with Crippen LogP contribution in [0, 0.1) is 18.6 Å². The van der Waals surface area contributed by atoms with E-state index in [1.165, 1.54) is 6.07 Å². The van der Waals surface area contributed by atoms with Crippen LogP contribution in [0.15, 0.2) is 24.4 Å². The van der Waals surface area contributed by atoms with Gasteiger partial charge in [-0.1, -0.05) is 6.07 Å². The standard InChI is InChI=1S/C16H21F2N3/c1-11-19-8-13(9-20-16(2,3)4)21(11)10-12-5-6-14(17)15(18)7-12/h5-8,20H,9-10H2,1-4H3. The fourth-order valence-corrected chi connectivity index (χ4v) is 2.05. The maximum Gasteiger partial charge on any atom is 0.159 e. The van der Waals surface area contributed by atoms with Crippen LogP contribution >= 0.6 is 0 Å². The highest BCUT2D eigenvalue weighted by atomic mass is 19.2. The van der Waals surface area contributed by atoms with Gasteiger partial charge in [0.05, 0.1) is 5.69 Å². The smallest absolute Gasteiger partial charge is 0.159 e. The van der Waals surface area contributed by atoms with Crippen LogP contribution in [0.1, 0.15) is 37.9 Å². The lowest BCUT2D eigenvalue weighted by molar-refractivity contribution is 0.416. The van der Waals surface area contributed by atoms with Gasteiger partial charge in [-0.2, -0.15) is 0 Å². The number of halogens is 2. The summed E-state index contributed by atoms with van der Waals surface area (Å²) >= 11 is 0. The first-order valence-corrected chi connectivity index (χ1v) is 6.96. The van der Waals surface area contributed by atoms with Crippen molar-refractivity contribution >= 4 is 0 Å². The van der Waals surface area contributed by atoms with Crippen LogP contribution in [-0.2, 0) is 13.1 Å². The first kappa shape index (κ1) is 15.6. The molecule has 0 spiro atoms. The van der Waals surface area contributed by atoms with E-state index < -0.39 is 11.6 Å². The molecule has 5 heteroatoms. The molecule has 1 N–H and O–H groups in total. The van der Waals surface area contributed by atoms with Gasteiger partial charge in [-0.05, 0) is 45.4 Å². The lowest BCUT2D eigenvalue weighted by atomic mass is 10.1. The number of hydrogen-bond acceptors (Lipinski definition) is 2. The van der Waals surface area contributed by atoms with E-state index in [-0.39, 0.29) is 5.54 Å². The molecule has 0 amide bonds. The second kappa shape index (κ2) is 5.93. The summed E-state index contributed by atoms with van der Waals surface area (Å²) in [6.45, 7) is 9.33. The van der Waals surface area contributed by atoms with Gasteiger partial charge in [0.25, 0.3) is 0 Å². The predicted octanol–water partition coefficient (Wildman–Crippen LogP) is 3.41. The molecule has 3 nitrogen and oxygen atoms in total. The van der Waals surface area contributed by atoms with Gasteiger partial charge in [0.2, 0.25) is 0 Å². The SMILES string of the molecule is Cc1ncc(CNC(C)(C)C)n1Cc1ccc(F)c(F)c1. The topological polar surface area (TPSA) is 29.9 Å². The van der Waals surface area contributed by atoms with Gasteiger partial charge >= 0.3 is 0 Å². The van der Waals surface area contributed by atoms with Gasteiger partial charge in [0.15, 0.2) is 11.6 Å². The van der Waals surface area contributed by atoms with Crippen LogP contribution in [0.2, 0.25) is 0 Å². The molecular weight excluding hydrogens is 272 g/mol. The van der Waals surface area contributed by atoms with Gasteiger partial charge in [-0.15, -0.1) is 0 Å². The minimum Gasteiger partial charge on any atom is -0.327 e. The quantitative estimate of drug-likeness (QED) is 0.936. The molecule has 1 aromatic carbocycles. The molecule has 114 valence electrons. The molecule has 0 aliphatic heterocycles. The number of rotatable bonds is 4. The Kier molecular flexibility index (Phi) is 4.42. The average molecular weight is 293 g/mol. The fourth-order valence-electron chi connectivity index (χ4n) is 2.05. The predicted molar refractivity (Wildman–Crippen MR) is 79.0 cm³/mol. The number of hydrogen-bond donors (Lipinski definition) is 1. The van der Waals surface area contributed by atoms with E-state index >= 15 is 0 Å². The zero-order chi connectivity index (χ0) is 15.6. The summed E-state index contributed by atoms with van der Waals surface area (Å²) in [5, 5.41) is 3.40. The van der Waals surface area contributed by atoms with Crippen LogP contribution < -0.4 is 5.32 Å². The van der Waals surface area contributed by atoms with E-state index in [1.54, 1.807) is 6.07 Å². The molecule has 0 unspecified atom stereocenters. The van der Waals surface area contributed by atoms with Crippen molar-refractivity contribution in [2.45, 2.75) is 46.3 Å². The molecule has 0 fully saturated rings. The number of aromatic nitrogens is 2. The maximum atomic E-state index is 13.3. The van der Waals surface area contributed by atoms with E-state index in [9.17, 15) is 8.78 Å². The summed E-state index contributed by atoms with van der Waals surface area (Å²) in [6, 6.07) is 3.98. The van der Waals surface area contributed by atoms with Crippen molar-refractivity contribution in [3.63, 3.8) is 0 Å². The van der Waals surface area contributed by atoms with Crippen molar-refractivity contribution < 1.29 is 8.78 Å². The molecule has 2 rings (SSSR count). The third-order valence-corrected chi connectivity index (χ3v) is 3.26. The minimum absolute atomic E-state index is 0.00495. The summed E-state index contributed by atoms with van der Waals surface area (Å²) in [5.41, 5.74) is 1.74. The van der Waals surface area contributed by atoms with Crippen LogP contribution in [0.5, 0.6) is 0 Å². The van der Waals surface area contributed by atoms with Crippen molar-refractivity contribution in [2.75, 3.05) is 0 Å². The van der Waals surface area contributed by atoms with Crippen molar-refractivity contribution in [3.05, 3.63) is 53.1 Å². The first-order valence-electron chi connectivity index (χ1n) is 6.96. The monoisotopic (exact) mass is 293 g/mol. The van der Waals surface area contributed by atoms with E-state index in [0.717, 1.165) is 17.6 Å². The Morgan fingerprint density at radius 3 is 2.52 bits per heavy atom. The Hall–Kier alpha value is -1.75. The normalized spacial score (nSPS) is 11.9. The molecule has 1 heterocycles. The molecule has 0 aliphatic rings. The van der Waals surface area contributed by atoms with Crippen molar-refractivity contribution in [3.8, 4) is 0 Å². The second-order valence-electron chi connectivity index (χ2n) is 6.23. The van der Waals surface area contributed by atoms with E-state index in [2.05, 4.69) is 31.1 Å². The van der Waals surface area contributed by atoms with Gasteiger partial charge in [0.1, 0.15) is 5.82 Å². The Morgan fingerprint density at radius 2 is 1.90 bits per heavy atom. The van der Waals surface area contributed by atoms with Crippen molar-refractivity contribution in [1.82, 2.24) is 14.9 Å². The lowest BCUT2D eigenvalue weighted by Crippen LogP contribution is -2.35. The van der Waals surface area contributed by atoms with Crippen molar-refractivity contribution in [2.24, 2.45) is 0 Å². The van der Waals surface area contributed by atoms with Crippen LogP contribution in [-0.4, -0.2) is 15.1 Å². The largest absolute Gasteiger partial charge is 0.327 e. The number of nitrogens with zero attached hydrogens (tertiary/aromatic N) is 2. The third-order valence-electron chi connectivity index (χ3n) is 3.26. The highest BCUT2D eigenvalue weighted by molar-refractivity contribution is 5.20. The molecule has 0 aliphatic carbocycles. The molecule has 0 atom stereocenters. The fraction of sp³-hybridized carbons (Fsp3) is 0.438. The number of nitrogens with one attached hydrogen (secondary N) is 1. The minimum atomic E-state index is -0.823. The number of imidazole rings is 1. The van der Waals surface area contributed by atoms with Gasteiger partial charge < -0.3 is 9.88 Å². The van der Waals surface area contributed by atoms with Gasteiger partial charge in [-0.3, -0.25) is 0 Å². The molecule has 0 saturated heterocycles. The number of benzene rings is 1. The van der Waals surface area contributed by atoms with E-state index in [1.807, 2.05) is 17.7 Å². The Balaban J connectivity index is 2.19. The number of aryl methyl sites for hydroxylation is 1. The van der Waals surface area contributed by atoms with E-state index in [0.29, 0.717) is 18.7 Å². The molecule has 1 aromatic heterocycles. The molecule has 0 bridgehead atoms. The highest BCUT2D eigenvalue weighted by Gasteiger charge is 2.13.